The number of para-hydroxylation sites is 1. The molecule has 2 aliphatic rings. The van der Waals surface area contributed by atoms with Crippen LogP contribution in [-0.2, 0) is 0 Å². The molecule has 4 rings (SSSR count). The highest BCUT2D eigenvalue weighted by molar-refractivity contribution is 5.94. The number of hydrogen-bond acceptors (Lipinski definition) is 3. The molecule has 3 atom stereocenters. The van der Waals surface area contributed by atoms with Crippen LogP contribution >= 0.6 is 0 Å². The molecule has 1 aliphatic heterocycles. The van der Waals surface area contributed by atoms with Crippen molar-refractivity contribution in [3.63, 3.8) is 0 Å². The molecule has 5 heteroatoms. The molecule has 28 heavy (non-hydrogen) atoms. The second-order valence-corrected chi connectivity index (χ2v) is 7.90. The van der Waals surface area contributed by atoms with E-state index in [9.17, 15) is 14.3 Å². The summed E-state index contributed by atoms with van der Waals surface area (Å²) in [5, 5.41) is 11.4. The maximum Gasteiger partial charge on any atom is 0.254 e. The van der Waals surface area contributed by atoms with Gasteiger partial charge in [0.2, 0.25) is 0 Å². The van der Waals surface area contributed by atoms with Crippen LogP contribution in [0.1, 0.15) is 54.1 Å². The summed E-state index contributed by atoms with van der Waals surface area (Å²) in [4.78, 5) is 15.2. The number of piperidine rings is 1. The third-order valence-electron chi connectivity index (χ3n) is 6.36. The van der Waals surface area contributed by atoms with Gasteiger partial charge in [-0.25, -0.2) is 4.39 Å². The first-order valence-electron chi connectivity index (χ1n) is 9.95. The number of ether oxygens (including phenoxy) is 1. The number of hydrogen-bond donors (Lipinski definition) is 1. The quantitative estimate of drug-likeness (QED) is 0.858. The number of carbonyl (C=O) groups excluding carboxylic acids is 1. The number of benzene rings is 2. The lowest BCUT2D eigenvalue weighted by Gasteiger charge is -2.52. The van der Waals surface area contributed by atoms with E-state index in [0.717, 1.165) is 31.2 Å². The number of fused-ring (bicyclic) bond motifs is 1. The van der Waals surface area contributed by atoms with E-state index in [-0.39, 0.29) is 17.9 Å². The fourth-order valence-electron chi connectivity index (χ4n) is 4.99. The van der Waals surface area contributed by atoms with Gasteiger partial charge in [-0.1, -0.05) is 37.1 Å². The van der Waals surface area contributed by atoms with E-state index >= 15 is 0 Å². The minimum atomic E-state index is -0.775. The molecule has 2 aromatic carbocycles. The summed E-state index contributed by atoms with van der Waals surface area (Å²) in [6.07, 6.45) is 4.19. The van der Waals surface area contributed by atoms with Crippen molar-refractivity contribution in [1.82, 2.24) is 4.90 Å². The van der Waals surface area contributed by atoms with Crippen molar-refractivity contribution in [2.24, 2.45) is 5.92 Å². The molecule has 0 bridgehead atoms. The number of amides is 1. The van der Waals surface area contributed by atoms with Gasteiger partial charge in [-0.3, -0.25) is 4.79 Å². The Bertz CT molecular complexity index is 870. The minimum Gasteiger partial charge on any atom is -0.496 e. The molecule has 0 aromatic heterocycles. The van der Waals surface area contributed by atoms with Crippen LogP contribution < -0.4 is 4.74 Å². The number of aliphatic hydroxyl groups is 1. The van der Waals surface area contributed by atoms with Gasteiger partial charge in [0, 0.05) is 23.6 Å². The summed E-state index contributed by atoms with van der Waals surface area (Å²) in [6.45, 7) is 0.436. The Hall–Kier alpha value is -2.40. The summed E-state index contributed by atoms with van der Waals surface area (Å²) in [5.74, 6) is 0.0112. The zero-order chi connectivity index (χ0) is 19.7. The van der Waals surface area contributed by atoms with E-state index in [2.05, 4.69) is 0 Å². The molecular weight excluding hydrogens is 357 g/mol. The van der Waals surface area contributed by atoms with Crippen molar-refractivity contribution in [2.75, 3.05) is 13.7 Å². The molecule has 2 aromatic rings. The highest BCUT2D eigenvalue weighted by atomic mass is 19.1. The van der Waals surface area contributed by atoms with E-state index in [1.165, 1.54) is 12.1 Å². The largest absolute Gasteiger partial charge is 0.496 e. The molecule has 148 valence electrons. The number of halogens is 1. The zero-order valence-corrected chi connectivity index (χ0v) is 16.1. The first-order chi connectivity index (χ1) is 13.5. The zero-order valence-electron chi connectivity index (χ0n) is 16.1. The van der Waals surface area contributed by atoms with Gasteiger partial charge in [0.05, 0.1) is 18.8 Å². The molecular formula is C23H26FNO3. The molecule has 0 spiro atoms. The lowest BCUT2D eigenvalue weighted by Crippen LogP contribution is -2.56. The highest BCUT2D eigenvalue weighted by Gasteiger charge is 2.50. The Morgan fingerprint density at radius 3 is 2.79 bits per heavy atom. The summed E-state index contributed by atoms with van der Waals surface area (Å²) < 4.78 is 19.3. The first-order valence-corrected chi connectivity index (χ1v) is 9.95. The smallest absolute Gasteiger partial charge is 0.254 e. The fraction of sp³-hybridized carbons (Fsp3) is 0.435. The van der Waals surface area contributed by atoms with Crippen LogP contribution in [0.15, 0.2) is 48.5 Å². The van der Waals surface area contributed by atoms with E-state index in [4.69, 9.17) is 4.74 Å². The van der Waals surface area contributed by atoms with Crippen LogP contribution in [0.5, 0.6) is 5.75 Å². The summed E-state index contributed by atoms with van der Waals surface area (Å²) in [5.41, 5.74) is 0.462. The van der Waals surface area contributed by atoms with Crippen molar-refractivity contribution < 1.29 is 19.0 Å². The van der Waals surface area contributed by atoms with E-state index in [1.54, 1.807) is 24.1 Å². The van der Waals surface area contributed by atoms with Crippen LogP contribution in [-0.4, -0.2) is 35.2 Å². The Kier molecular flexibility index (Phi) is 5.11. The fourth-order valence-corrected chi connectivity index (χ4v) is 4.99. The van der Waals surface area contributed by atoms with Gasteiger partial charge in [-0.15, -0.1) is 0 Å². The molecule has 2 fully saturated rings. The van der Waals surface area contributed by atoms with Crippen LogP contribution in [0.2, 0.25) is 0 Å². The highest BCUT2D eigenvalue weighted by Crippen LogP contribution is 2.51. The maximum absolute atomic E-state index is 13.7. The average Bonchev–Trinajstić information content (AvgIpc) is 2.72. The van der Waals surface area contributed by atoms with Crippen molar-refractivity contribution in [1.29, 1.82) is 0 Å². The van der Waals surface area contributed by atoms with Crippen molar-refractivity contribution >= 4 is 5.91 Å². The van der Waals surface area contributed by atoms with Crippen LogP contribution in [0.25, 0.3) is 0 Å². The Balaban J connectivity index is 1.79. The van der Waals surface area contributed by atoms with Gasteiger partial charge in [-0.2, -0.15) is 0 Å². The molecule has 0 radical (unpaired) electrons. The molecule has 1 N–H and O–H groups in total. The van der Waals surface area contributed by atoms with Gasteiger partial charge >= 0.3 is 0 Å². The van der Waals surface area contributed by atoms with Crippen LogP contribution in [0.3, 0.4) is 0 Å². The minimum absolute atomic E-state index is 0.0659. The predicted molar refractivity (Wildman–Crippen MR) is 105 cm³/mol. The van der Waals surface area contributed by atoms with Crippen molar-refractivity contribution in [2.45, 2.75) is 43.7 Å². The number of methoxy groups -OCH3 is 1. The third kappa shape index (κ3) is 3.28. The van der Waals surface area contributed by atoms with Crippen LogP contribution in [0.4, 0.5) is 4.39 Å². The van der Waals surface area contributed by atoms with E-state index < -0.39 is 11.4 Å². The standard InChI is InChI=1S/C23H26FNO3/c1-28-20-11-3-2-9-18(20)21-19-10-4-5-12-23(19,27)13-14-25(21)22(26)16-7-6-8-17(24)15-16/h2-3,6-9,11,15,19,21,27H,4-5,10,12-14H2,1H3/t19-,21+,23+/m1/s1. The second kappa shape index (κ2) is 7.55. The number of carbonyl (C=O) groups is 1. The second-order valence-electron chi connectivity index (χ2n) is 7.90. The summed E-state index contributed by atoms with van der Waals surface area (Å²) in [7, 11) is 1.62. The molecule has 1 heterocycles. The molecule has 4 nitrogen and oxygen atoms in total. The van der Waals surface area contributed by atoms with Gasteiger partial charge in [0.15, 0.2) is 0 Å². The molecule has 0 unspecified atom stereocenters. The normalized spacial score (nSPS) is 27.2. The lowest BCUT2D eigenvalue weighted by molar-refractivity contribution is -0.115. The molecule has 1 amide bonds. The lowest BCUT2D eigenvalue weighted by atomic mass is 9.66. The molecule has 1 saturated heterocycles. The topological polar surface area (TPSA) is 49.8 Å². The Morgan fingerprint density at radius 2 is 2.00 bits per heavy atom. The maximum atomic E-state index is 13.7. The van der Waals surface area contributed by atoms with E-state index in [0.29, 0.717) is 24.3 Å². The van der Waals surface area contributed by atoms with Crippen LogP contribution in [0, 0.1) is 11.7 Å². The number of rotatable bonds is 3. The summed E-state index contributed by atoms with van der Waals surface area (Å²) >= 11 is 0. The van der Waals surface area contributed by atoms with Gasteiger partial charge in [-0.05, 0) is 43.5 Å². The number of likely N-dealkylation sites (tertiary alicyclic amines) is 1. The Labute approximate surface area is 164 Å². The van der Waals surface area contributed by atoms with Gasteiger partial charge in [0.25, 0.3) is 5.91 Å². The monoisotopic (exact) mass is 383 g/mol. The molecule has 1 saturated carbocycles. The Morgan fingerprint density at radius 1 is 1.18 bits per heavy atom. The first kappa shape index (κ1) is 18.9. The molecule has 1 aliphatic carbocycles. The van der Waals surface area contributed by atoms with Crippen molar-refractivity contribution in [3.8, 4) is 5.75 Å². The van der Waals surface area contributed by atoms with Gasteiger partial charge in [0.1, 0.15) is 11.6 Å². The van der Waals surface area contributed by atoms with Crippen molar-refractivity contribution in [3.05, 3.63) is 65.5 Å². The number of nitrogens with zero attached hydrogens (tertiary/aromatic N) is 1. The average molecular weight is 383 g/mol. The third-order valence-corrected chi connectivity index (χ3v) is 6.36. The summed E-state index contributed by atoms with van der Waals surface area (Å²) in [6, 6.07) is 13.2. The van der Waals surface area contributed by atoms with E-state index in [1.807, 2.05) is 24.3 Å². The predicted octanol–water partition coefficient (Wildman–Crippen LogP) is 4.34. The van der Waals surface area contributed by atoms with Gasteiger partial charge < -0.3 is 14.7 Å². The SMILES string of the molecule is COc1ccccc1[C@H]1[C@H]2CCCC[C@]2(O)CCN1C(=O)c1cccc(F)c1.